The number of carbonyl (C=O) groups is 2. The summed E-state index contributed by atoms with van der Waals surface area (Å²) in [6, 6.07) is 3.77. The highest BCUT2D eigenvalue weighted by Crippen LogP contribution is 2.46. The molecule has 2 aromatic rings. The van der Waals surface area contributed by atoms with E-state index >= 15 is 0 Å². The highest BCUT2D eigenvalue weighted by atomic mass is 35.5. The molecule has 1 aromatic carbocycles. The fraction of sp³-hybridized carbons (Fsp3) is 0.444. The average molecular weight is 318 g/mol. The van der Waals surface area contributed by atoms with Gasteiger partial charge in [0.2, 0.25) is 0 Å². The molecule has 1 fully saturated rings. The molecule has 0 aliphatic heterocycles. The monoisotopic (exact) mass is 317 g/mol. The second-order valence-electron chi connectivity index (χ2n) is 6.10. The molecule has 0 N–H and O–H groups in total. The number of Topliss-reactive ketones (excluding diaryl/α,β-unsaturated/α-hetero) is 1. The van der Waals surface area contributed by atoms with Gasteiger partial charge in [0.25, 0.3) is 0 Å². The third kappa shape index (κ3) is 2.48. The zero-order valence-electron chi connectivity index (χ0n) is 13.0. The molecule has 0 amide bonds. The van der Waals surface area contributed by atoms with Crippen LogP contribution in [-0.4, -0.2) is 16.6 Å². The summed E-state index contributed by atoms with van der Waals surface area (Å²) in [6.45, 7) is 4.29. The van der Waals surface area contributed by atoms with Crippen molar-refractivity contribution in [1.82, 2.24) is 4.57 Å². The highest BCUT2D eigenvalue weighted by molar-refractivity contribution is 6.31. The van der Waals surface area contributed by atoms with Gasteiger partial charge in [0, 0.05) is 34.0 Å². The largest absolute Gasteiger partial charge is 0.336 e. The molecule has 1 heterocycles. The number of fused-ring (bicyclic) bond motifs is 1. The molecule has 116 valence electrons. The van der Waals surface area contributed by atoms with Crippen molar-refractivity contribution >= 4 is 34.6 Å². The van der Waals surface area contributed by atoms with Crippen molar-refractivity contribution in [1.29, 1.82) is 0 Å². The van der Waals surface area contributed by atoms with E-state index in [1.807, 2.05) is 30.5 Å². The fourth-order valence-electron chi connectivity index (χ4n) is 3.37. The maximum absolute atomic E-state index is 12.7. The zero-order chi connectivity index (χ0) is 15.9. The molecule has 0 saturated heterocycles. The van der Waals surface area contributed by atoms with Crippen LogP contribution >= 0.6 is 11.6 Å². The summed E-state index contributed by atoms with van der Waals surface area (Å²) in [5.74, 6) is 0.571. The number of rotatable bonds is 6. The van der Waals surface area contributed by atoms with Gasteiger partial charge >= 0.3 is 0 Å². The molecule has 1 saturated carbocycles. The standard InChI is InChI=1S/C18H20ClNO2/c1-3-4-15(22)16-14-10-13(19)9-11(2)17(14)20(7-8-21)18(16)12-5-6-12/h8-10,12H,3-7H2,1-2H3. The third-order valence-electron chi connectivity index (χ3n) is 4.33. The summed E-state index contributed by atoms with van der Waals surface area (Å²) >= 11 is 6.22. The van der Waals surface area contributed by atoms with Crippen LogP contribution in [0.2, 0.25) is 5.02 Å². The van der Waals surface area contributed by atoms with Gasteiger partial charge in [-0.15, -0.1) is 0 Å². The van der Waals surface area contributed by atoms with Crippen LogP contribution in [0.5, 0.6) is 0 Å². The number of aryl methyl sites for hydroxylation is 1. The highest BCUT2D eigenvalue weighted by Gasteiger charge is 2.34. The summed E-state index contributed by atoms with van der Waals surface area (Å²) in [5.41, 5.74) is 3.84. The lowest BCUT2D eigenvalue weighted by Gasteiger charge is -2.09. The van der Waals surface area contributed by atoms with E-state index in [9.17, 15) is 9.59 Å². The second-order valence-corrected chi connectivity index (χ2v) is 6.54. The molecule has 0 radical (unpaired) electrons. The van der Waals surface area contributed by atoms with Gasteiger partial charge in [-0.1, -0.05) is 18.5 Å². The summed E-state index contributed by atoms with van der Waals surface area (Å²) in [4.78, 5) is 23.9. The van der Waals surface area contributed by atoms with Gasteiger partial charge in [-0.2, -0.15) is 0 Å². The number of nitrogens with zero attached hydrogens (tertiary/aromatic N) is 1. The van der Waals surface area contributed by atoms with E-state index in [2.05, 4.69) is 0 Å². The SMILES string of the molecule is CCCC(=O)c1c(C2CC2)n(CC=O)c2c(C)cc(Cl)cc12. The van der Waals surface area contributed by atoms with Gasteiger partial charge in [-0.05, 0) is 43.9 Å². The number of ketones is 1. The van der Waals surface area contributed by atoms with Crippen molar-refractivity contribution < 1.29 is 9.59 Å². The van der Waals surface area contributed by atoms with E-state index in [0.29, 0.717) is 23.9 Å². The number of halogens is 1. The molecule has 1 aliphatic carbocycles. The summed E-state index contributed by atoms with van der Waals surface area (Å²) in [7, 11) is 0. The quantitative estimate of drug-likeness (QED) is 0.574. The maximum atomic E-state index is 12.7. The molecular weight excluding hydrogens is 298 g/mol. The van der Waals surface area contributed by atoms with Crippen LogP contribution in [0.3, 0.4) is 0 Å². The Kier molecular flexibility index (Phi) is 4.09. The molecular formula is C18H20ClNO2. The van der Waals surface area contributed by atoms with Crippen LogP contribution in [-0.2, 0) is 11.3 Å². The van der Waals surface area contributed by atoms with Crippen molar-refractivity contribution in [3.63, 3.8) is 0 Å². The van der Waals surface area contributed by atoms with Gasteiger partial charge in [0.05, 0.1) is 12.1 Å². The Morgan fingerprint density at radius 3 is 2.73 bits per heavy atom. The Hall–Kier alpha value is -1.61. The van der Waals surface area contributed by atoms with Gasteiger partial charge in [-0.25, -0.2) is 0 Å². The van der Waals surface area contributed by atoms with Gasteiger partial charge < -0.3 is 9.36 Å². The van der Waals surface area contributed by atoms with Crippen LogP contribution in [0.15, 0.2) is 12.1 Å². The minimum atomic E-state index is 0.167. The predicted octanol–water partition coefficient (Wildman–Crippen LogP) is 4.66. The minimum absolute atomic E-state index is 0.167. The molecule has 3 rings (SSSR count). The fourth-order valence-corrected chi connectivity index (χ4v) is 3.64. The number of hydrogen-bond acceptors (Lipinski definition) is 2. The summed E-state index contributed by atoms with van der Waals surface area (Å²) < 4.78 is 2.04. The van der Waals surface area contributed by atoms with Crippen molar-refractivity contribution in [2.24, 2.45) is 0 Å². The minimum Gasteiger partial charge on any atom is -0.336 e. The number of aldehydes is 1. The average Bonchev–Trinajstić information content (AvgIpc) is 3.23. The van der Waals surface area contributed by atoms with Crippen LogP contribution in [0.1, 0.15) is 60.1 Å². The first-order valence-electron chi connectivity index (χ1n) is 7.87. The van der Waals surface area contributed by atoms with E-state index in [1.54, 1.807) is 0 Å². The molecule has 1 aliphatic rings. The van der Waals surface area contributed by atoms with Crippen molar-refractivity contribution in [3.8, 4) is 0 Å². The second kappa shape index (κ2) is 5.88. The summed E-state index contributed by atoms with van der Waals surface area (Å²) in [6.07, 6.45) is 4.45. The Bertz CT molecular complexity index is 756. The van der Waals surface area contributed by atoms with Gasteiger partial charge in [-0.3, -0.25) is 4.79 Å². The van der Waals surface area contributed by atoms with Crippen LogP contribution < -0.4 is 0 Å². The number of aromatic nitrogens is 1. The predicted molar refractivity (Wildman–Crippen MR) is 89.0 cm³/mol. The Morgan fingerprint density at radius 1 is 1.41 bits per heavy atom. The van der Waals surface area contributed by atoms with Crippen molar-refractivity contribution in [3.05, 3.63) is 34.0 Å². The third-order valence-corrected chi connectivity index (χ3v) is 4.55. The molecule has 3 nitrogen and oxygen atoms in total. The number of benzene rings is 1. The molecule has 0 unspecified atom stereocenters. The topological polar surface area (TPSA) is 39.1 Å². The lowest BCUT2D eigenvalue weighted by atomic mass is 10.00. The molecule has 22 heavy (non-hydrogen) atoms. The molecule has 4 heteroatoms. The van der Waals surface area contributed by atoms with Crippen molar-refractivity contribution in [2.45, 2.75) is 52.0 Å². The van der Waals surface area contributed by atoms with E-state index in [1.165, 1.54) is 0 Å². The number of carbonyl (C=O) groups excluding carboxylic acids is 2. The Balaban J connectivity index is 2.36. The Morgan fingerprint density at radius 2 is 2.14 bits per heavy atom. The number of hydrogen-bond donors (Lipinski definition) is 0. The summed E-state index contributed by atoms with van der Waals surface area (Å²) in [5, 5.41) is 1.55. The van der Waals surface area contributed by atoms with Crippen LogP contribution in [0.25, 0.3) is 10.9 Å². The lowest BCUT2D eigenvalue weighted by molar-refractivity contribution is -0.108. The molecule has 1 aromatic heterocycles. The molecule has 0 bridgehead atoms. The van der Waals surface area contributed by atoms with E-state index < -0.39 is 0 Å². The van der Waals surface area contributed by atoms with E-state index in [4.69, 9.17) is 11.6 Å². The lowest BCUT2D eigenvalue weighted by Crippen LogP contribution is -2.07. The smallest absolute Gasteiger partial charge is 0.165 e. The van der Waals surface area contributed by atoms with Crippen LogP contribution in [0, 0.1) is 6.92 Å². The first kappa shape index (κ1) is 15.3. The molecule has 0 spiro atoms. The van der Waals surface area contributed by atoms with Gasteiger partial charge in [0.15, 0.2) is 5.78 Å². The first-order valence-corrected chi connectivity index (χ1v) is 8.25. The Labute approximate surface area is 135 Å². The normalized spacial score (nSPS) is 14.5. The first-order chi connectivity index (χ1) is 10.6. The maximum Gasteiger partial charge on any atom is 0.165 e. The zero-order valence-corrected chi connectivity index (χ0v) is 13.7. The van der Waals surface area contributed by atoms with Crippen LogP contribution in [0.4, 0.5) is 0 Å². The van der Waals surface area contributed by atoms with E-state index in [0.717, 1.165) is 53.3 Å². The van der Waals surface area contributed by atoms with Gasteiger partial charge in [0.1, 0.15) is 6.29 Å². The van der Waals surface area contributed by atoms with Crippen molar-refractivity contribution in [2.75, 3.05) is 0 Å². The molecule has 0 atom stereocenters. The van der Waals surface area contributed by atoms with E-state index in [-0.39, 0.29) is 5.78 Å².